The Morgan fingerprint density at radius 1 is 1.10 bits per heavy atom. The van der Waals surface area contributed by atoms with Crippen LogP contribution >= 0.6 is 15.9 Å². The van der Waals surface area contributed by atoms with E-state index in [4.69, 9.17) is 10.5 Å². The summed E-state index contributed by atoms with van der Waals surface area (Å²) in [5, 5.41) is 9.85. The molecule has 0 saturated carbocycles. The number of fused-ring (bicyclic) bond motifs is 1. The average molecular weight is 462 g/mol. The van der Waals surface area contributed by atoms with Crippen LogP contribution in [0.25, 0.3) is 11.1 Å². The molecule has 5 heteroatoms. The van der Waals surface area contributed by atoms with Crippen LogP contribution in [0.2, 0.25) is 0 Å². The lowest BCUT2D eigenvalue weighted by molar-refractivity contribution is 0.305. The highest BCUT2D eigenvalue weighted by Crippen LogP contribution is 2.38. The van der Waals surface area contributed by atoms with E-state index in [0.29, 0.717) is 18.0 Å². The van der Waals surface area contributed by atoms with Gasteiger partial charge in [-0.25, -0.2) is 4.98 Å². The van der Waals surface area contributed by atoms with Gasteiger partial charge >= 0.3 is 0 Å². The van der Waals surface area contributed by atoms with E-state index in [1.807, 2.05) is 24.3 Å². The Bertz CT molecular complexity index is 1150. The predicted molar refractivity (Wildman–Crippen MR) is 123 cm³/mol. The number of aromatic nitrogens is 1. The van der Waals surface area contributed by atoms with Crippen molar-refractivity contribution in [3.05, 3.63) is 74.4 Å². The summed E-state index contributed by atoms with van der Waals surface area (Å²) in [5.74, 6) is 1.16. The smallest absolute Gasteiger partial charge is 0.142 e. The third-order valence-corrected chi connectivity index (χ3v) is 6.30. The molecule has 4 rings (SSSR count). The predicted octanol–water partition coefficient (Wildman–Crippen LogP) is 6.04. The molecule has 30 heavy (non-hydrogen) atoms. The van der Waals surface area contributed by atoms with Gasteiger partial charge in [0.25, 0.3) is 0 Å². The topological polar surface area (TPSA) is 71.9 Å². The summed E-state index contributed by atoms with van der Waals surface area (Å²) in [5.41, 5.74) is 14.3. The van der Waals surface area contributed by atoms with Crippen molar-refractivity contribution < 1.29 is 4.74 Å². The minimum absolute atomic E-state index is 0.334. The number of rotatable bonds is 4. The lowest BCUT2D eigenvalue weighted by Gasteiger charge is -2.23. The molecule has 0 spiro atoms. The first-order valence-corrected chi connectivity index (χ1v) is 11.0. The van der Waals surface area contributed by atoms with Crippen molar-refractivity contribution in [3.8, 4) is 22.9 Å². The van der Waals surface area contributed by atoms with Gasteiger partial charge < -0.3 is 10.5 Å². The SMILES string of the molecule is Cc1cc(C)c(-c2c(C#N)c(N)nc3c2CCCC3)cc1COc1ccc(Br)cc1. The molecule has 1 aliphatic carbocycles. The van der Waals surface area contributed by atoms with Crippen molar-refractivity contribution in [2.24, 2.45) is 0 Å². The molecule has 0 aliphatic heterocycles. The zero-order chi connectivity index (χ0) is 21.3. The van der Waals surface area contributed by atoms with Crippen LogP contribution in [0, 0.1) is 25.2 Å². The number of anilines is 1. The summed E-state index contributed by atoms with van der Waals surface area (Å²) < 4.78 is 7.05. The number of aryl methyl sites for hydroxylation is 3. The number of nitrogen functional groups attached to an aromatic ring is 1. The molecule has 0 saturated heterocycles. The van der Waals surface area contributed by atoms with Gasteiger partial charge in [0.15, 0.2) is 0 Å². The Hall–Kier alpha value is -2.84. The molecule has 0 unspecified atom stereocenters. The van der Waals surface area contributed by atoms with Crippen molar-refractivity contribution in [1.29, 1.82) is 5.26 Å². The Balaban J connectivity index is 1.78. The van der Waals surface area contributed by atoms with Gasteiger partial charge in [0.05, 0.1) is 0 Å². The van der Waals surface area contributed by atoms with E-state index in [0.717, 1.165) is 63.9 Å². The average Bonchev–Trinajstić information content (AvgIpc) is 2.73. The fourth-order valence-electron chi connectivity index (χ4n) is 4.19. The van der Waals surface area contributed by atoms with Gasteiger partial charge in [-0.05, 0) is 97.7 Å². The Morgan fingerprint density at radius 3 is 2.57 bits per heavy atom. The summed E-state index contributed by atoms with van der Waals surface area (Å²) in [6.45, 7) is 4.65. The van der Waals surface area contributed by atoms with Gasteiger partial charge in [-0.15, -0.1) is 0 Å². The van der Waals surface area contributed by atoms with Crippen LogP contribution in [0.3, 0.4) is 0 Å². The van der Waals surface area contributed by atoms with E-state index in [2.05, 4.69) is 53.0 Å². The van der Waals surface area contributed by atoms with E-state index in [1.54, 1.807) is 0 Å². The van der Waals surface area contributed by atoms with Crippen molar-refractivity contribution in [3.63, 3.8) is 0 Å². The van der Waals surface area contributed by atoms with E-state index < -0.39 is 0 Å². The maximum atomic E-state index is 9.85. The van der Waals surface area contributed by atoms with Crippen molar-refractivity contribution in [2.75, 3.05) is 5.73 Å². The van der Waals surface area contributed by atoms with Crippen LogP contribution in [-0.2, 0) is 19.4 Å². The molecule has 0 amide bonds. The van der Waals surface area contributed by atoms with Crippen LogP contribution in [0.15, 0.2) is 40.9 Å². The van der Waals surface area contributed by atoms with Crippen molar-refractivity contribution >= 4 is 21.7 Å². The lowest BCUT2D eigenvalue weighted by Crippen LogP contribution is -2.12. The molecular formula is C25H24BrN3O. The Morgan fingerprint density at radius 2 is 1.83 bits per heavy atom. The number of hydrogen-bond donors (Lipinski definition) is 1. The molecule has 1 heterocycles. The fraction of sp³-hybridized carbons (Fsp3) is 0.280. The number of nitrogens with two attached hydrogens (primary N) is 1. The molecule has 4 nitrogen and oxygen atoms in total. The first-order valence-electron chi connectivity index (χ1n) is 10.2. The van der Waals surface area contributed by atoms with Gasteiger partial charge in [0, 0.05) is 15.7 Å². The second-order valence-electron chi connectivity index (χ2n) is 7.83. The number of nitrogens with zero attached hydrogens (tertiary/aromatic N) is 2. The highest BCUT2D eigenvalue weighted by molar-refractivity contribution is 9.10. The highest BCUT2D eigenvalue weighted by atomic mass is 79.9. The summed E-state index contributed by atoms with van der Waals surface area (Å²) >= 11 is 3.45. The number of halogens is 1. The van der Waals surface area contributed by atoms with Crippen LogP contribution in [-0.4, -0.2) is 4.98 Å². The maximum Gasteiger partial charge on any atom is 0.142 e. The Labute approximate surface area is 185 Å². The van der Waals surface area contributed by atoms with E-state index in [-0.39, 0.29) is 0 Å². The first kappa shape index (κ1) is 20.4. The van der Waals surface area contributed by atoms with Gasteiger partial charge in [0.2, 0.25) is 0 Å². The molecule has 1 aromatic heterocycles. The molecule has 0 fully saturated rings. The number of pyridine rings is 1. The quantitative estimate of drug-likeness (QED) is 0.513. The summed E-state index contributed by atoms with van der Waals surface area (Å²) in [7, 11) is 0. The van der Waals surface area contributed by atoms with Crippen LogP contribution in [0.1, 0.15) is 46.4 Å². The van der Waals surface area contributed by atoms with Crippen LogP contribution in [0.4, 0.5) is 5.82 Å². The number of benzene rings is 2. The third kappa shape index (κ3) is 3.93. The summed E-state index contributed by atoms with van der Waals surface area (Å²) in [6, 6.07) is 14.5. The Kier molecular flexibility index (Phi) is 5.78. The minimum atomic E-state index is 0.334. The summed E-state index contributed by atoms with van der Waals surface area (Å²) in [4.78, 5) is 4.55. The molecular weight excluding hydrogens is 438 g/mol. The van der Waals surface area contributed by atoms with Gasteiger partial charge in [-0.3, -0.25) is 0 Å². The molecule has 2 aromatic carbocycles. The first-order chi connectivity index (χ1) is 14.5. The van der Waals surface area contributed by atoms with E-state index in [1.165, 1.54) is 11.1 Å². The molecule has 2 N–H and O–H groups in total. The molecule has 152 valence electrons. The van der Waals surface area contributed by atoms with Crippen molar-refractivity contribution in [2.45, 2.75) is 46.1 Å². The molecule has 0 bridgehead atoms. The zero-order valence-electron chi connectivity index (χ0n) is 17.3. The standard InChI is InChI=1S/C25H24BrN3O/c1-15-11-16(2)21(12-17(15)14-30-19-9-7-18(26)8-10-19)24-20-5-3-4-6-23(20)29-25(28)22(24)13-27/h7-12H,3-6,14H2,1-2H3,(H2,28,29). The van der Waals surface area contributed by atoms with Crippen LogP contribution in [0.5, 0.6) is 5.75 Å². The van der Waals surface area contributed by atoms with E-state index in [9.17, 15) is 5.26 Å². The lowest BCUT2D eigenvalue weighted by atomic mass is 9.84. The monoisotopic (exact) mass is 461 g/mol. The van der Waals surface area contributed by atoms with E-state index >= 15 is 0 Å². The number of ether oxygens (including phenoxy) is 1. The molecule has 1 aliphatic rings. The third-order valence-electron chi connectivity index (χ3n) is 5.77. The molecule has 3 aromatic rings. The zero-order valence-corrected chi connectivity index (χ0v) is 18.8. The fourth-order valence-corrected chi connectivity index (χ4v) is 4.45. The van der Waals surface area contributed by atoms with Gasteiger partial charge in [-0.2, -0.15) is 5.26 Å². The second-order valence-corrected chi connectivity index (χ2v) is 8.74. The molecule has 0 radical (unpaired) electrons. The normalized spacial score (nSPS) is 12.9. The van der Waals surface area contributed by atoms with Crippen molar-refractivity contribution in [1.82, 2.24) is 4.98 Å². The number of hydrogen-bond acceptors (Lipinski definition) is 4. The minimum Gasteiger partial charge on any atom is -0.489 e. The second kappa shape index (κ2) is 8.49. The largest absolute Gasteiger partial charge is 0.489 e. The van der Waals surface area contributed by atoms with Crippen LogP contribution < -0.4 is 10.5 Å². The van der Waals surface area contributed by atoms with Gasteiger partial charge in [-0.1, -0.05) is 22.0 Å². The molecule has 0 atom stereocenters. The number of nitriles is 1. The summed E-state index contributed by atoms with van der Waals surface area (Å²) in [6.07, 6.45) is 4.08. The maximum absolute atomic E-state index is 9.85. The van der Waals surface area contributed by atoms with Gasteiger partial charge in [0.1, 0.15) is 29.8 Å². The highest BCUT2D eigenvalue weighted by Gasteiger charge is 2.23.